The zero-order chi connectivity index (χ0) is 16.1. The van der Waals surface area contributed by atoms with Crippen LogP contribution >= 0.6 is 0 Å². The summed E-state index contributed by atoms with van der Waals surface area (Å²) >= 11 is 0. The molecule has 1 N–H and O–H groups in total. The lowest BCUT2D eigenvalue weighted by Crippen LogP contribution is -2.40. The summed E-state index contributed by atoms with van der Waals surface area (Å²) in [4.78, 5) is 0. The van der Waals surface area contributed by atoms with Crippen molar-refractivity contribution in [3.63, 3.8) is 0 Å². The first kappa shape index (κ1) is 14.1. The van der Waals surface area contributed by atoms with Gasteiger partial charge in [-0.3, -0.25) is 0 Å². The number of hydrogen-bond acceptors (Lipinski definition) is 3. The minimum absolute atomic E-state index is 0.378. The van der Waals surface area contributed by atoms with Gasteiger partial charge in [0.1, 0.15) is 11.5 Å². The fourth-order valence-electron chi connectivity index (χ4n) is 4.95. The second-order valence-corrected chi connectivity index (χ2v) is 7.35. The first-order chi connectivity index (χ1) is 11.8. The van der Waals surface area contributed by atoms with E-state index in [1.54, 1.807) is 0 Å². The lowest BCUT2D eigenvalue weighted by atomic mass is 9.73. The van der Waals surface area contributed by atoms with E-state index < -0.39 is 0 Å². The van der Waals surface area contributed by atoms with Gasteiger partial charge < -0.3 is 10.1 Å². The molecule has 2 aromatic rings. The minimum atomic E-state index is 0.378. The van der Waals surface area contributed by atoms with Gasteiger partial charge in [-0.25, -0.2) is 0 Å². The van der Waals surface area contributed by atoms with Gasteiger partial charge in [0.15, 0.2) is 0 Å². The van der Waals surface area contributed by atoms with Crippen molar-refractivity contribution in [3.05, 3.63) is 59.2 Å². The van der Waals surface area contributed by atoms with Crippen LogP contribution in [0.15, 0.2) is 42.5 Å². The van der Waals surface area contributed by atoms with Gasteiger partial charge in [-0.2, -0.15) is 5.26 Å². The third-order valence-corrected chi connectivity index (χ3v) is 5.93. The highest BCUT2D eigenvalue weighted by molar-refractivity contribution is 5.56. The first-order valence-corrected chi connectivity index (χ1v) is 8.88. The molecule has 0 aliphatic carbocycles. The second kappa shape index (κ2) is 5.36. The van der Waals surface area contributed by atoms with Gasteiger partial charge >= 0.3 is 0 Å². The van der Waals surface area contributed by atoms with E-state index in [4.69, 9.17) is 4.74 Å². The molecule has 2 saturated heterocycles. The van der Waals surface area contributed by atoms with Crippen molar-refractivity contribution >= 4 is 0 Å². The number of nitriles is 1. The highest BCUT2D eigenvalue weighted by Crippen LogP contribution is 2.51. The number of nitrogens with zero attached hydrogens (tertiary/aromatic N) is 1. The number of fused-ring (bicyclic) bond motifs is 4. The molecule has 3 heterocycles. The Morgan fingerprint density at radius 2 is 1.71 bits per heavy atom. The van der Waals surface area contributed by atoms with E-state index in [1.165, 1.54) is 36.8 Å². The van der Waals surface area contributed by atoms with Crippen LogP contribution in [0.3, 0.4) is 0 Å². The molecule has 3 atom stereocenters. The molecular formula is C21H20N2O. The summed E-state index contributed by atoms with van der Waals surface area (Å²) in [5, 5.41) is 13.0. The molecule has 5 rings (SSSR count). The van der Waals surface area contributed by atoms with Crippen molar-refractivity contribution in [1.29, 1.82) is 5.26 Å². The van der Waals surface area contributed by atoms with Crippen molar-refractivity contribution in [2.24, 2.45) is 5.92 Å². The third kappa shape index (κ3) is 2.14. The van der Waals surface area contributed by atoms with Gasteiger partial charge in [0.05, 0.1) is 11.6 Å². The maximum atomic E-state index is 9.21. The predicted molar refractivity (Wildman–Crippen MR) is 92.2 cm³/mol. The van der Waals surface area contributed by atoms with Crippen LogP contribution in [0.1, 0.15) is 48.3 Å². The largest absolute Gasteiger partial charge is 0.457 e. The Bertz CT molecular complexity index is 826. The first-order valence-electron chi connectivity index (χ1n) is 8.88. The summed E-state index contributed by atoms with van der Waals surface area (Å²) in [7, 11) is 0. The SMILES string of the molecule is N#Cc1ccc2c(c1)Oc1ccccc1C2C1CC2CCC(C1)N2. The molecule has 24 heavy (non-hydrogen) atoms. The second-order valence-electron chi connectivity index (χ2n) is 7.35. The van der Waals surface area contributed by atoms with E-state index in [2.05, 4.69) is 35.7 Å². The molecule has 3 heteroatoms. The number of nitrogens with one attached hydrogen (secondary N) is 1. The van der Waals surface area contributed by atoms with Crippen LogP contribution in [0.25, 0.3) is 0 Å². The number of para-hydroxylation sites is 1. The molecule has 3 unspecified atom stereocenters. The van der Waals surface area contributed by atoms with Gasteiger partial charge in [0.25, 0.3) is 0 Å². The van der Waals surface area contributed by atoms with Gasteiger partial charge in [0.2, 0.25) is 0 Å². The molecule has 3 aliphatic heterocycles. The predicted octanol–water partition coefficient (Wildman–Crippen LogP) is 4.33. The third-order valence-electron chi connectivity index (χ3n) is 5.93. The number of ether oxygens (including phenoxy) is 1. The monoisotopic (exact) mass is 316 g/mol. The summed E-state index contributed by atoms with van der Waals surface area (Å²) in [6, 6.07) is 17.9. The quantitative estimate of drug-likeness (QED) is 0.852. The van der Waals surface area contributed by atoms with E-state index in [-0.39, 0.29) is 0 Å². The summed E-state index contributed by atoms with van der Waals surface area (Å²) in [6.07, 6.45) is 5.09. The van der Waals surface area contributed by atoms with E-state index in [0.29, 0.717) is 29.5 Å². The highest BCUT2D eigenvalue weighted by Gasteiger charge is 2.41. The molecule has 120 valence electrons. The smallest absolute Gasteiger partial charge is 0.132 e. The van der Waals surface area contributed by atoms with Crippen molar-refractivity contribution in [1.82, 2.24) is 5.32 Å². The average Bonchev–Trinajstić information content (AvgIpc) is 2.97. The maximum absolute atomic E-state index is 9.21. The Hall–Kier alpha value is -2.31. The number of hydrogen-bond donors (Lipinski definition) is 1. The molecule has 2 fully saturated rings. The lowest BCUT2D eigenvalue weighted by Gasteiger charge is -2.38. The summed E-state index contributed by atoms with van der Waals surface area (Å²) in [5.74, 6) is 2.84. The molecule has 2 aromatic carbocycles. The summed E-state index contributed by atoms with van der Waals surface area (Å²) in [5.41, 5.74) is 3.22. The average molecular weight is 316 g/mol. The van der Waals surface area contributed by atoms with Gasteiger partial charge in [-0.05, 0) is 49.8 Å². The highest BCUT2D eigenvalue weighted by atomic mass is 16.5. The fraction of sp³-hybridized carbons (Fsp3) is 0.381. The van der Waals surface area contributed by atoms with E-state index in [1.807, 2.05) is 18.2 Å². The van der Waals surface area contributed by atoms with Gasteiger partial charge in [0, 0.05) is 29.1 Å². The number of rotatable bonds is 1. The Kier molecular flexibility index (Phi) is 3.14. The maximum Gasteiger partial charge on any atom is 0.132 e. The molecule has 0 amide bonds. The van der Waals surface area contributed by atoms with Crippen LogP contribution in [0.5, 0.6) is 11.5 Å². The van der Waals surface area contributed by atoms with Gasteiger partial charge in [-0.1, -0.05) is 24.3 Å². The van der Waals surface area contributed by atoms with Crippen LogP contribution in [-0.2, 0) is 0 Å². The standard InChI is InChI=1S/C21H20N2O/c22-12-13-5-8-18-20(9-13)24-19-4-2-1-3-17(19)21(18)14-10-15-6-7-16(11-14)23-15/h1-5,8-9,14-16,21,23H,6-7,10-11H2. The van der Waals surface area contributed by atoms with E-state index in [9.17, 15) is 5.26 Å². The van der Waals surface area contributed by atoms with Crippen LogP contribution in [0.2, 0.25) is 0 Å². The molecule has 0 saturated carbocycles. The molecule has 0 radical (unpaired) electrons. The Morgan fingerprint density at radius 1 is 0.958 bits per heavy atom. The van der Waals surface area contributed by atoms with Crippen LogP contribution in [-0.4, -0.2) is 12.1 Å². The normalized spacial score (nSPS) is 30.0. The molecule has 0 aromatic heterocycles. The van der Waals surface area contributed by atoms with E-state index >= 15 is 0 Å². The topological polar surface area (TPSA) is 45.0 Å². The Balaban J connectivity index is 1.62. The molecule has 2 bridgehead atoms. The van der Waals surface area contributed by atoms with Crippen LogP contribution in [0, 0.1) is 17.2 Å². The molecule has 0 spiro atoms. The minimum Gasteiger partial charge on any atom is -0.457 e. The Morgan fingerprint density at radius 3 is 2.50 bits per heavy atom. The van der Waals surface area contributed by atoms with Crippen molar-refractivity contribution in [3.8, 4) is 17.6 Å². The van der Waals surface area contributed by atoms with E-state index in [0.717, 1.165) is 11.5 Å². The van der Waals surface area contributed by atoms with Crippen molar-refractivity contribution in [2.75, 3.05) is 0 Å². The Labute approximate surface area is 142 Å². The summed E-state index contributed by atoms with van der Waals surface area (Å²) in [6.45, 7) is 0. The number of piperidine rings is 1. The van der Waals surface area contributed by atoms with Crippen LogP contribution < -0.4 is 10.1 Å². The molecule has 3 nitrogen and oxygen atoms in total. The molecule has 3 aliphatic rings. The van der Waals surface area contributed by atoms with Gasteiger partial charge in [-0.15, -0.1) is 0 Å². The van der Waals surface area contributed by atoms with Crippen LogP contribution in [0.4, 0.5) is 0 Å². The number of benzene rings is 2. The lowest BCUT2D eigenvalue weighted by molar-refractivity contribution is 0.267. The summed E-state index contributed by atoms with van der Waals surface area (Å²) < 4.78 is 6.14. The van der Waals surface area contributed by atoms with Crippen molar-refractivity contribution < 1.29 is 4.74 Å². The zero-order valence-electron chi connectivity index (χ0n) is 13.5. The fourth-order valence-corrected chi connectivity index (χ4v) is 4.95. The van der Waals surface area contributed by atoms with Crippen molar-refractivity contribution in [2.45, 2.75) is 43.7 Å². The zero-order valence-corrected chi connectivity index (χ0v) is 13.5. The molecular weight excluding hydrogens is 296 g/mol.